The first kappa shape index (κ1) is 25.9. The number of fused-ring (bicyclic) bond motifs is 1. The van der Waals surface area contributed by atoms with Crippen LogP contribution in [-0.4, -0.2) is 67.6 Å². The number of carbonyl (C=O) groups is 1. The van der Waals surface area contributed by atoms with Gasteiger partial charge in [-0.2, -0.15) is 0 Å². The Labute approximate surface area is 224 Å². The third-order valence-electron chi connectivity index (χ3n) is 6.01. The van der Waals surface area contributed by atoms with Crippen LogP contribution in [0.3, 0.4) is 0 Å². The summed E-state index contributed by atoms with van der Waals surface area (Å²) in [6, 6.07) is 9.43. The summed E-state index contributed by atoms with van der Waals surface area (Å²) in [5.41, 5.74) is 2.33. The summed E-state index contributed by atoms with van der Waals surface area (Å²) in [5.74, 6) is 0.335. The first-order chi connectivity index (χ1) is 18.1. The number of halogens is 1. The number of aryl methyl sites for hydroxylation is 1. The van der Waals surface area contributed by atoms with E-state index in [0.29, 0.717) is 24.5 Å². The number of pyridine rings is 1. The van der Waals surface area contributed by atoms with Crippen LogP contribution >= 0.6 is 11.3 Å². The highest BCUT2D eigenvalue weighted by atomic mass is 32.1. The number of benzene rings is 1. The molecule has 1 N–H and O–H groups in total. The Morgan fingerprint density at radius 2 is 1.87 bits per heavy atom. The van der Waals surface area contributed by atoms with Crippen LogP contribution in [0.4, 0.5) is 21.0 Å². The molecule has 198 valence electrons. The van der Waals surface area contributed by atoms with Crippen molar-refractivity contribution in [2.75, 3.05) is 31.5 Å². The van der Waals surface area contributed by atoms with E-state index < -0.39 is 11.4 Å². The zero-order chi connectivity index (χ0) is 26.9. The smallest absolute Gasteiger partial charge is 0.410 e. The maximum Gasteiger partial charge on any atom is 0.410 e. The van der Waals surface area contributed by atoms with Gasteiger partial charge in [-0.25, -0.2) is 29.1 Å². The average molecular weight is 536 g/mol. The number of rotatable bonds is 5. The monoisotopic (exact) mass is 535 g/mol. The van der Waals surface area contributed by atoms with Gasteiger partial charge in [0.15, 0.2) is 5.82 Å². The predicted molar refractivity (Wildman–Crippen MR) is 146 cm³/mol. The number of nitrogens with one attached hydrogen (secondary N) is 1. The number of hydrogen-bond donors (Lipinski definition) is 1. The zero-order valence-electron chi connectivity index (χ0n) is 21.9. The number of aromatic nitrogens is 4. The van der Waals surface area contributed by atoms with Crippen molar-refractivity contribution in [3.05, 3.63) is 59.1 Å². The van der Waals surface area contributed by atoms with Gasteiger partial charge in [-0.15, -0.1) is 11.3 Å². The summed E-state index contributed by atoms with van der Waals surface area (Å²) >= 11 is 1.56. The molecular weight excluding hydrogens is 505 g/mol. The Morgan fingerprint density at radius 3 is 2.58 bits per heavy atom. The number of piperazine rings is 1. The molecule has 3 aromatic heterocycles. The highest BCUT2D eigenvalue weighted by molar-refractivity contribution is 7.18. The van der Waals surface area contributed by atoms with Gasteiger partial charge in [0.2, 0.25) is 5.95 Å². The van der Waals surface area contributed by atoms with Gasteiger partial charge in [0, 0.05) is 44.5 Å². The summed E-state index contributed by atoms with van der Waals surface area (Å²) in [6.45, 7) is 11.1. The molecule has 0 aliphatic carbocycles. The summed E-state index contributed by atoms with van der Waals surface area (Å²) in [7, 11) is 0. The normalized spacial score (nSPS) is 14.6. The Morgan fingerprint density at radius 1 is 1.08 bits per heavy atom. The lowest BCUT2D eigenvalue weighted by Crippen LogP contribution is -2.49. The third kappa shape index (κ3) is 6.22. The fourth-order valence-electron chi connectivity index (χ4n) is 4.20. The lowest BCUT2D eigenvalue weighted by Gasteiger charge is -2.35. The van der Waals surface area contributed by atoms with E-state index in [-0.39, 0.29) is 17.7 Å². The van der Waals surface area contributed by atoms with Gasteiger partial charge in [0.05, 0.1) is 21.4 Å². The molecule has 1 saturated heterocycles. The Kier molecular flexibility index (Phi) is 7.22. The van der Waals surface area contributed by atoms with Crippen LogP contribution in [0, 0.1) is 12.7 Å². The molecule has 4 heterocycles. The predicted octanol–water partition coefficient (Wildman–Crippen LogP) is 5.39. The van der Waals surface area contributed by atoms with Crippen molar-refractivity contribution in [2.45, 2.75) is 39.8 Å². The minimum Gasteiger partial charge on any atom is -0.444 e. The van der Waals surface area contributed by atoms with Crippen molar-refractivity contribution in [3.8, 4) is 11.3 Å². The first-order valence-corrected chi connectivity index (χ1v) is 13.3. The van der Waals surface area contributed by atoms with E-state index in [1.807, 2.05) is 58.0 Å². The molecular formula is C27H30FN7O2S. The lowest BCUT2D eigenvalue weighted by molar-refractivity contribution is 0.0139. The van der Waals surface area contributed by atoms with E-state index in [9.17, 15) is 9.18 Å². The van der Waals surface area contributed by atoms with Crippen LogP contribution in [0.1, 0.15) is 31.3 Å². The van der Waals surface area contributed by atoms with E-state index in [4.69, 9.17) is 4.74 Å². The fraction of sp³-hybridized carbons (Fsp3) is 0.370. The van der Waals surface area contributed by atoms with Crippen LogP contribution in [0.2, 0.25) is 0 Å². The number of ether oxygens (including phenoxy) is 1. The van der Waals surface area contributed by atoms with E-state index >= 15 is 0 Å². The first-order valence-electron chi connectivity index (χ1n) is 12.5. The molecule has 1 aliphatic rings. The standard InChI is InChI=1S/C27H30FN7O2S/c1-17-31-21-7-6-19(13-22(21)38-17)24-20(28)15-30-25(33-24)32-23-8-5-18(14-29-23)16-34-9-11-35(12-10-34)26(36)37-27(2,3)4/h5-8,13-15H,9-12,16H2,1-4H3,(H,29,30,32,33). The van der Waals surface area contributed by atoms with Gasteiger partial charge < -0.3 is 15.0 Å². The van der Waals surface area contributed by atoms with E-state index in [0.717, 1.165) is 46.6 Å². The van der Waals surface area contributed by atoms with Crippen LogP contribution in [-0.2, 0) is 11.3 Å². The van der Waals surface area contributed by atoms with Crippen molar-refractivity contribution in [1.82, 2.24) is 29.7 Å². The number of thiazole rings is 1. The molecule has 1 aliphatic heterocycles. The van der Waals surface area contributed by atoms with Crippen LogP contribution in [0.25, 0.3) is 21.5 Å². The minimum atomic E-state index is -0.495. The molecule has 0 saturated carbocycles. The summed E-state index contributed by atoms with van der Waals surface area (Å²) in [6.07, 6.45) is 2.70. The van der Waals surface area contributed by atoms with E-state index in [2.05, 4.69) is 30.2 Å². The molecule has 38 heavy (non-hydrogen) atoms. The molecule has 0 bridgehead atoms. The topological polar surface area (TPSA) is 96.4 Å². The Hall–Kier alpha value is -3.70. The molecule has 9 nitrogen and oxygen atoms in total. The molecule has 0 unspecified atom stereocenters. The summed E-state index contributed by atoms with van der Waals surface area (Å²) < 4.78 is 21.1. The van der Waals surface area contributed by atoms with Gasteiger partial charge in [0.25, 0.3) is 0 Å². The minimum absolute atomic E-state index is 0.220. The highest BCUT2D eigenvalue weighted by Crippen LogP contribution is 2.29. The molecule has 1 amide bonds. The molecule has 4 aromatic rings. The zero-order valence-corrected chi connectivity index (χ0v) is 22.7. The second-order valence-electron chi connectivity index (χ2n) is 10.2. The SMILES string of the molecule is Cc1nc2ccc(-c3nc(Nc4ccc(CN5CCN(C(=O)OC(C)(C)C)CC5)cn4)ncc3F)cc2s1. The quantitative estimate of drug-likeness (QED) is 0.363. The molecule has 0 atom stereocenters. The second-order valence-corrected chi connectivity index (χ2v) is 11.5. The number of hydrogen-bond acceptors (Lipinski definition) is 9. The lowest BCUT2D eigenvalue weighted by atomic mass is 10.1. The fourth-order valence-corrected chi connectivity index (χ4v) is 5.06. The Bertz CT molecular complexity index is 1440. The van der Waals surface area contributed by atoms with Crippen molar-refractivity contribution >= 4 is 39.4 Å². The average Bonchev–Trinajstić information content (AvgIpc) is 3.25. The van der Waals surface area contributed by atoms with Gasteiger partial charge in [-0.05, 0) is 51.5 Å². The molecule has 1 aromatic carbocycles. The third-order valence-corrected chi connectivity index (χ3v) is 6.94. The maximum absolute atomic E-state index is 14.6. The summed E-state index contributed by atoms with van der Waals surface area (Å²) in [4.78, 5) is 33.7. The summed E-state index contributed by atoms with van der Waals surface area (Å²) in [5, 5.41) is 4.03. The van der Waals surface area contributed by atoms with Gasteiger partial charge in [-0.3, -0.25) is 4.90 Å². The number of amides is 1. The Balaban J connectivity index is 1.19. The van der Waals surface area contributed by atoms with Gasteiger partial charge >= 0.3 is 6.09 Å². The van der Waals surface area contributed by atoms with Crippen LogP contribution in [0.5, 0.6) is 0 Å². The molecule has 0 spiro atoms. The molecule has 1 fully saturated rings. The molecule has 11 heteroatoms. The van der Waals surface area contributed by atoms with Gasteiger partial charge in [-0.1, -0.05) is 12.1 Å². The molecule has 5 rings (SSSR count). The largest absolute Gasteiger partial charge is 0.444 e. The number of nitrogens with zero attached hydrogens (tertiary/aromatic N) is 6. The molecule has 0 radical (unpaired) electrons. The van der Waals surface area contributed by atoms with Crippen LogP contribution in [0.15, 0.2) is 42.7 Å². The van der Waals surface area contributed by atoms with Gasteiger partial charge in [0.1, 0.15) is 17.1 Å². The van der Waals surface area contributed by atoms with Crippen molar-refractivity contribution in [3.63, 3.8) is 0 Å². The van der Waals surface area contributed by atoms with E-state index in [1.165, 1.54) is 0 Å². The van der Waals surface area contributed by atoms with E-state index in [1.54, 1.807) is 22.4 Å². The van der Waals surface area contributed by atoms with Crippen molar-refractivity contribution in [2.24, 2.45) is 0 Å². The van der Waals surface area contributed by atoms with Crippen molar-refractivity contribution in [1.29, 1.82) is 0 Å². The second kappa shape index (κ2) is 10.6. The van der Waals surface area contributed by atoms with Crippen LogP contribution < -0.4 is 5.32 Å². The number of anilines is 2. The van der Waals surface area contributed by atoms with Crippen molar-refractivity contribution < 1.29 is 13.9 Å². The highest BCUT2D eigenvalue weighted by Gasteiger charge is 2.25. The number of carbonyl (C=O) groups excluding carboxylic acids is 1. The maximum atomic E-state index is 14.6.